The second kappa shape index (κ2) is 8.20. The van der Waals surface area contributed by atoms with Gasteiger partial charge in [0.2, 0.25) is 0 Å². The second-order valence-corrected chi connectivity index (χ2v) is 9.03. The quantitative estimate of drug-likeness (QED) is 0.621. The number of hydrogen-bond acceptors (Lipinski definition) is 4. The minimum absolute atomic E-state index is 0.0634. The Balaban J connectivity index is 1.32. The average Bonchev–Trinajstić information content (AvgIpc) is 3.03. The van der Waals surface area contributed by atoms with E-state index in [4.69, 9.17) is 11.6 Å². The molecular weight excluding hydrogens is 386 g/mol. The monoisotopic (exact) mass is 413 g/mol. The summed E-state index contributed by atoms with van der Waals surface area (Å²) in [6.07, 6.45) is 2.68. The topological polar surface area (TPSA) is 45.8 Å². The third-order valence-corrected chi connectivity index (χ3v) is 5.92. The number of anilines is 1. The molecule has 2 aromatic heterocycles. The van der Waals surface area contributed by atoms with E-state index in [2.05, 4.69) is 34.8 Å². The molecule has 3 heterocycles. The SMILES string of the molecule is CC(C)(CCn1nc2ccccn2c1=O)CN1CCN(c2cccc(Cl)c2)CC1. The van der Waals surface area contributed by atoms with E-state index in [1.54, 1.807) is 15.3 Å². The number of fused-ring (bicyclic) bond motifs is 1. The first-order chi connectivity index (χ1) is 13.9. The number of nitrogens with zero attached hydrogens (tertiary/aromatic N) is 5. The Morgan fingerprint density at radius 2 is 1.86 bits per heavy atom. The Labute approximate surface area is 176 Å². The van der Waals surface area contributed by atoms with Crippen LogP contribution >= 0.6 is 11.6 Å². The summed E-state index contributed by atoms with van der Waals surface area (Å²) >= 11 is 6.13. The fourth-order valence-electron chi connectivity index (χ4n) is 4.04. The van der Waals surface area contributed by atoms with Crippen molar-refractivity contribution in [2.45, 2.75) is 26.8 Å². The van der Waals surface area contributed by atoms with Crippen molar-refractivity contribution in [3.05, 3.63) is 64.2 Å². The molecule has 4 rings (SSSR count). The van der Waals surface area contributed by atoms with Crippen LogP contribution < -0.4 is 10.6 Å². The standard InChI is InChI=1S/C22H28ClN5O/c1-22(2,9-11-28-21(29)27-10-4-3-8-20(27)24-28)17-25-12-14-26(15-13-25)19-7-5-6-18(23)16-19/h3-8,10,16H,9,11-15,17H2,1-2H3. The smallest absolute Gasteiger partial charge is 0.350 e. The van der Waals surface area contributed by atoms with Crippen molar-refractivity contribution in [2.24, 2.45) is 5.41 Å². The van der Waals surface area contributed by atoms with Crippen LogP contribution in [0.2, 0.25) is 5.02 Å². The molecule has 1 aromatic carbocycles. The third-order valence-electron chi connectivity index (χ3n) is 5.69. The van der Waals surface area contributed by atoms with Gasteiger partial charge in [-0.3, -0.25) is 9.30 Å². The Morgan fingerprint density at radius 3 is 2.59 bits per heavy atom. The number of benzene rings is 1. The summed E-state index contributed by atoms with van der Waals surface area (Å²) in [7, 11) is 0. The molecule has 3 aromatic rings. The molecule has 1 saturated heterocycles. The van der Waals surface area contributed by atoms with Crippen LogP contribution in [-0.4, -0.2) is 51.8 Å². The normalized spacial score (nSPS) is 15.9. The fraction of sp³-hybridized carbons (Fsp3) is 0.455. The summed E-state index contributed by atoms with van der Waals surface area (Å²) in [5.41, 5.74) is 1.94. The number of pyridine rings is 1. The van der Waals surface area contributed by atoms with Crippen LogP contribution in [0.5, 0.6) is 0 Å². The predicted molar refractivity (Wildman–Crippen MR) is 118 cm³/mol. The highest BCUT2D eigenvalue weighted by Crippen LogP contribution is 2.25. The minimum atomic E-state index is -0.0634. The third kappa shape index (κ3) is 4.65. The molecule has 6 nitrogen and oxygen atoms in total. The van der Waals surface area contributed by atoms with Crippen molar-refractivity contribution in [3.8, 4) is 0 Å². The van der Waals surface area contributed by atoms with Gasteiger partial charge in [-0.2, -0.15) is 0 Å². The van der Waals surface area contributed by atoms with Crippen molar-refractivity contribution in [1.29, 1.82) is 0 Å². The highest BCUT2D eigenvalue weighted by molar-refractivity contribution is 6.30. The first-order valence-corrected chi connectivity index (χ1v) is 10.6. The molecule has 0 amide bonds. The van der Waals surface area contributed by atoms with Crippen LogP contribution in [0, 0.1) is 5.41 Å². The van der Waals surface area contributed by atoms with Crippen LogP contribution in [0.4, 0.5) is 5.69 Å². The van der Waals surface area contributed by atoms with E-state index in [9.17, 15) is 4.79 Å². The van der Waals surface area contributed by atoms with Crippen molar-refractivity contribution in [3.63, 3.8) is 0 Å². The van der Waals surface area contributed by atoms with Crippen molar-refractivity contribution >= 4 is 22.9 Å². The van der Waals surface area contributed by atoms with Crippen LogP contribution in [-0.2, 0) is 6.54 Å². The van der Waals surface area contributed by atoms with Gasteiger partial charge in [0.15, 0.2) is 5.65 Å². The number of halogens is 1. The number of aryl methyl sites for hydroxylation is 1. The molecule has 0 saturated carbocycles. The molecule has 0 N–H and O–H groups in total. The summed E-state index contributed by atoms with van der Waals surface area (Å²) in [6.45, 7) is 10.3. The molecule has 0 spiro atoms. The van der Waals surface area contributed by atoms with E-state index < -0.39 is 0 Å². The molecule has 1 aliphatic rings. The van der Waals surface area contributed by atoms with E-state index in [0.717, 1.165) is 44.2 Å². The van der Waals surface area contributed by atoms with E-state index in [-0.39, 0.29) is 11.1 Å². The van der Waals surface area contributed by atoms with Gasteiger partial charge in [-0.05, 0) is 42.2 Å². The Morgan fingerprint density at radius 1 is 1.07 bits per heavy atom. The Kier molecular flexibility index (Phi) is 5.65. The summed E-state index contributed by atoms with van der Waals surface area (Å²) in [5, 5.41) is 5.23. The zero-order valence-electron chi connectivity index (χ0n) is 17.1. The van der Waals surface area contributed by atoms with Crippen LogP contribution in [0.1, 0.15) is 20.3 Å². The largest absolute Gasteiger partial charge is 0.369 e. The van der Waals surface area contributed by atoms with Gasteiger partial charge in [-0.15, -0.1) is 5.10 Å². The van der Waals surface area contributed by atoms with Crippen LogP contribution in [0.15, 0.2) is 53.5 Å². The van der Waals surface area contributed by atoms with Gasteiger partial charge in [-0.1, -0.05) is 37.6 Å². The number of hydrogen-bond donors (Lipinski definition) is 0. The van der Waals surface area contributed by atoms with Gasteiger partial charge in [-0.25, -0.2) is 9.48 Å². The molecule has 0 bridgehead atoms. The molecule has 0 unspecified atom stereocenters. The Hall–Kier alpha value is -2.31. The average molecular weight is 414 g/mol. The van der Waals surface area contributed by atoms with Gasteiger partial charge in [0.1, 0.15) is 0 Å². The van der Waals surface area contributed by atoms with Gasteiger partial charge in [0.05, 0.1) is 0 Å². The molecular formula is C22H28ClN5O. The first-order valence-electron chi connectivity index (χ1n) is 10.2. The van der Waals surface area contributed by atoms with Crippen molar-refractivity contribution < 1.29 is 0 Å². The summed E-state index contributed by atoms with van der Waals surface area (Å²) in [6, 6.07) is 13.7. The van der Waals surface area contributed by atoms with Crippen LogP contribution in [0.3, 0.4) is 0 Å². The van der Waals surface area contributed by atoms with E-state index in [1.807, 2.05) is 36.4 Å². The Bertz CT molecular complexity index is 1030. The molecule has 0 radical (unpaired) electrons. The van der Waals surface area contributed by atoms with E-state index >= 15 is 0 Å². The maximum absolute atomic E-state index is 12.5. The summed E-state index contributed by atoms with van der Waals surface area (Å²) in [5.74, 6) is 0. The number of rotatable bonds is 6. The summed E-state index contributed by atoms with van der Waals surface area (Å²) < 4.78 is 3.19. The van der Waals surface area contributed by atoms with E-state index in [0.29, 0.717) is 12.2 Å². The van der Waals surface area contributed by atoms with E-state index in [1.165, 1.54) is 5.69 Å². The lowest BCUT2D eigenvalue weighted by Crippen LogP contribution is -2.49. The molecule has 1 aliphatic heterocycles. The maximum Gasteiger partial charge on any atom is 0.350 e. The van der Waals surface area contributed by atoms with Crippen LogP contribution in [0.25, 0.3) is 5.65 Å². The molecule has 7 heteroatoms. The maximum atomic E-state index is 12.5. The van der Waals surface area contributed by atoms with Crippen molar-refractivity contribution in [1.82, 2.24) is 19.1 Å². The molecule has 0 atom stereocenters. The van der Waals surface area contributed by atoms with Crippen molar-refractivity contribution in [2.75, 3.05) is 37.6 Å². The fourth-order valence-corrected chi connectivity index (χ4v) is 4.23. The van der Waals surface area contributed by atoms with Gasteiger partial charge in [0, 0.05) is 56.2 Å². The zero-order chi connectivity index (χ0) is 20.4. The highest BCUT2D eigenvalue weighted by Gasteiger charge is 2.25. The first kappa shape index (κ1) is 20.0. The summed E-state index contributed by atoms with van der Waals surface area (Å²) in [4.78, 5) is 17.4. The molecule has 0 aliphatic carbocycles. The lowest BCUT2D eigenvalue weighted by atomic mass is 9.88. The van der Waals surface area contributed by atoms with Gasteiger partial charge >= 0.3 is 5.69 Å². The predicted octanol–water partition coefficient (Wildman–Crippen LogP) is 3.39. The number of piperazine rings is 1. The second-order valence-electron chi connectivity index (χ2n) is 8.59. The van der Waals surface area contributed by atoms with Gasteiger partial charge in [0.25, 0.3) is 0 Å². The molecule has 29 heavy (non-hydrogen) atoms. The lowest BCUT2D eigenvalue weighted by molar-refractivity contribution is 0.155. The zero-order valence-corrected chi connectivity index (χ0v) is 17.8. The van der Waals surface area contributed by atoms with Gasteiger partial charge < -0.3 is 4.90 Å². The minimum Gasteiger partial charge on any atom is -0.369 e. The lowest BCUT2D eigenvalue weighted by Gasteiger charge is -2.40. The molecule has 1 fully saturated rings. The molecule has 154 valence electrons. The highest BCUT2D eigenvalue weighted by atomic mass is 35.5. The number of aromatic nitrogens is 3.